The number of methoxy groups -OCH3 is 1. The number of nitrogens with one attached hydrogen (secondary N) is 1. The standard InChI is InChI=1S/C21H25N5O5S/c1-13-6-7-26-17(11-15-12-25(8-9-31-15)21(27)30-3)20(23-19(26)10-13)16-4-5-18(22-14(16)2)24-32(28)29/h4-7,10,15H,8-9,11-12H2,1-3H3,(H,22,24)(H,28,29). The second-order valence-electron chi connectivity index (χ2n) is 7.63. The number of morpholine rings is 1. The number of anilines is 1. The van der Waals surface area contributed by atoms with Crippen LogP contribution in [0.15, 0.2) is 30.5 Å². The van der Waals surface area contributed by atoms with Crippen LogP contribution in [-0.2, 0) is 27.2 Å². The maximum absolute atomic E-state index is 12.0. The van der Waals surface area contributed by atoms with Crippen LogP contribution in [0.2, 0.25) is 0 Å². The third kappa shape index (κ3) is 4.59. The van der Waals surface area contributed by atoms with Crippen molar-refractivity contribution < 1.29 is 23.0 Å². The van der Waals surface area contributed by atoms with Gasteiger partial charge in [0, 0.05) is 30.4 Å². The highest BCUT2D eigenvalue weighted by Crippen LogP contribution is 2.30. The third-order valence-electron chi connectivity index (χ3n) is 5.41. The zero-order chi connectivity index (χ0) is 22.8. The number of rotatable bonds is 5. The Morgan fingerprint density at radius 3 is 2.88 bits per heavy atom. The van der Waals surface area contributed by atoms with Crippen LogP contribution >= 0.6 is 0 Å². The summed E-state index contributed by atoms with van der Waals surface area (Å²) in [5.74, 6) is 0.303. The van der Waals surface area contributed by atoms with Gasteiger partial charge in [0.15, 0.2) is 0 Å². The lowest BCUT2D eigenvalue weighted by molar-refractivity contribution is -0.0241. The lowest BCUT2D eigenvalue weighted by atomic mass is 10.0. The summed E-state index contributed by atoms with van der Waals surface area (Å²) in [5.41, 5.74) is 5.07. The third-order valence-corrected chi connectivity index (χ3v) is 5.79. The lowest BCUT2D eigenvalue weighted by Crippen LogP contribution is -2.46. The van der Waals surface area contributed by atoms with Gasteiger partial charge in [0.1, 0.15) is 11.5 Å². The molecule has 0 aliphatic carbocycles. The summed E-state index contributed by atoms with van der Waals surface area (Å²) in [6, 6.07) is 7.49. The molecule has 0 aromatic carbocycles. The molecule has 2 N–H and O–H groups in total. The van der Waals surface area contributed by atoms with E-state index in [2.05, 4.69) is 9.71 Å². The van der Waals surface area contributed by atoms with Crippen molar-refractivity contribution in [2.75, 3.05) is 31.5 Å². The number of fused-ring (bicyclic) bond motifs is 1. The second kappa shape index (κ2) is 9.23. The first-order chi connectivity index (χ1) is 15.4. The Labute approximate surface area is 188 Å². The first-order valence-electron chi connectivity index (χ1n) is 10.1. The van der Waals surface area contributed by atoms with Crippen LogP contribution in [0.3, 0.4) is 0 Å². The number of pyridine rings is 2. The zero-order valence-electron chi connectivity index (χ0n) is 18.1. The fraction of sp³-hybridized carbons (Fsp3) is 0.381. The molecular formula is C21H25N5O5S. The molecule has 1 fully saturated rings. The second-order valence-corrected chi connectivity index (χ2v) is 8.34. The number of imidazole rings is 1. The van der Waals surface area contributed by atoms with Gasteiger partial charge in [-0.3, -0.25) is 9.27 Å². The molecule has 0 bridgehead atoms. The molecule has 1 aliphatic rings. The number of carbonyl (C=O) groups is 1. The fourth-order valence-corrected chi connectivity index (χ4v) is 4.21. The van der Waals surface area contributed by atoms with Gasteiger partial charge in [-0.2, -0.15) is 0 Å². The summed E-state index contributed by atoms with van der Waals surface area (Å²) < 4.78 is 35.3. The average molecular weight is 460 g/mol. The van der Waals surface area contributed by atoms with Gasteiger partial charge in [0.25, 0.3) is 11.3 Å². The minimum atomic E-state index is -2.20. The maximum Gasteiger partial charge on any atom is 0.409 e. The number of ether oxygens (including phenoxy) is 2. The summed E-state index contributed by atoms with van der Waals surface area (Å²) in [5, 5.41) is 0. The van der Waals surface area contributed by atoms with Gasteiger partial charge in [0.05, 0.1) is 37.8 Å². The minimum absolute atomic E-state index is 0.214. The largest absolute Gasteiger partial charge is 0.453 e. The predicted octanol–water partition coefficient (Wildman–Crippen LogP) is 2.57. The monoisotopic (exact) mass is 459 g/mol. The van der Waals surface area contributed by atoms with Crippen LogP contribution in [0.25, 0.3) is 16.9 Å². The van der Waals surface area contributed by atoms with Crippen LogP contribution in [0, 0.1) is 13.8 Å². The first kappa shape index (κ1) is 22.2. The lowest BCUT2D eigenvalue weighted by Gasteiger charge is -2.32. The molecule has 2 atom stereocenters. The van der Waals surface area contributed by atoms with E-state index < -0.39 is 11.3 Å². The van der Waals surface area contributed by atoms with E-state index in [0.717, 1.165) is 28.2 Å². The Hall–Kier alpha value is -3.02. The average Bonchev–Trinajstić information content (AvgIpc) is 3.10. The van der Waals surface area contributed by atoms with Crippen LogP contribution in [0.5, 0.6) is 0 Å². The maximum atomic E-state index is 12.0. The topological polar surface area (TPSA) is 118 Å². The molecule has 3 aromatic heterocycles. The van der Waals surface area contributed by atoms with Gasteiger partial charge >= 0.3 is 6.09 Å². The summed E-state index contributed by atoms with van der Waals surface area (Å²) in [6.45, 7) is 5.19. The highest BCUT2D eigenvalue weighted by molar-refractivity contribution is 7.80. The number of hydrogen-bond acceptors (Lipinski definition) is 6. The molecule has 0 radical (unpaired) electrons. The number of aromatic nitrogens is 3. The highest BCUT2D eigenvalue weighted by Gasteiger charge is 2.28. The van der Waals surface area contributed by atoms with Crippen LogP contribution < -0.4 is 4.72 Å². The predicted molar refractivity (Wildman–Crippen MR) is 120 cm³/mol. The summed E-state index contributed by atoms with van der Waals surface area (Å²) in [7, 11) is 1.37. The van der Waals surface area contributed by atoms with Crippen molar-refractivity contribution in [3.63, 3.8) is 0 Å². The number of aryl methyl sites for hydroxylation is 2. The van der Waals surface area contributed by atoms with E-state index in [9.17, 15) is 9.00 Å². The molecule has 4 heterocycles. The Balaban J connectivity index is 1.73. The van der Waals surface area contributed by atoms with Crippen LogP contribution in [0.4, 0.5) is 10.6 Å². The molecule has 170 valence electrons. The van der Waals surface area contributed by atoms with Gasteiger partial charge in [-0.25, -0.2) is 19.0 Å². The van der Waals surface area contributed by atoms with Gasteiger partial charge < -0.3 is 18.8 Å². The number of amides is 1. The molecule has 4 rings (SSSR count). The van der Waals surface area contributed by atoms with E-state index in [0.29, 0.717) is 37.6 Å². The van der Waals surface area contributed by atoms with Gasteiger partial charge in [0.2, 0.25) is 0 Å². The molecule has 10 nitrogen and oxygen atoms in total. The van der Waals surface area contributed by atoms with E-state index in [-0.39, 0.29) is 12.2 Å². The summed E-state index contributed by atoms with van der Waals surface area (Å²) in [6.07, 6.45) is 1.93. The summed E-state index contributed by atoms with van der Waals surface area (Å²) in [4.78, 5) is 22.9. The van der Waals surface area contributed by atoms with Crippen molar-refractivity contribution in [1.82, 2.24) is 19.3 Å². The van der Waals surface area contributed by atoms with Crippen molar-refractivity contribution in [2.24, 2.45) is 0 Å². The van der Waals surface area contributed by atoms with E-state index in [1.54, 1.807) is 11.0 Å². The van der Waals surface area contributed by atoms with Gasteiger partial charge in [-0.15, -0.1) is 0 Å². The number of carbonyl (C=O) groups excluding carboxylic acids is 1. The van der Waals surface area contributed by atoms with Gasteiger partial charge in [-0.05, 0) is 43.7 Å². The van der Waals surface area contributed by atoms with E-state index in [1.807, 2.05) is 42.6 Å². The molecule has 11 heteroatoms. The van der Waals surface area contributed by atoms with Crippen LogP contribution in [0.1, 0.15) is 17.0 Å². The Bertz CT molecular complexity index is 1180. The van der Waals surface area contributed by atoms with Crippen molar-refractivity contribution >= 4 is 28.8 Å². The van der Waals surface area contributed by atoms with Crippen molar-refractivity contribution in [3.05, 3.63) is 47.4 Å². The Morgan fingerprint density at radius 2 is 2.16 bits per heavy atom. The highest BCUT2D eigenvalue weighted by atomic mass is 32.2. The number of nitrogens with zero attached hydrogens (tertiary/aromatic N) is 4. The molecule has 1 amide bonds. The minimum Gasteiger partial charge on any atom is -0.453 e. The zero-order valence-corrected chi connectivity index (χ0v) is 18.9. The van der Waals surface area contributed by atoms with Gasteiger partial charge in [-0.1, -0.05) is 0 Å². The smallest absolute Gasteiger partial charge is 0.409 e. The Kier molecular flexibility index (Phi) is 6.40. The van der Waals surface area contributed by atoms with Crippen LogP contribution in [-0.4, -0.2) is 67.0 Å². The quantitative estimate of drug-likeness (QED) is 0.563. The SMILES string of the molecule is COC(=O)N1CCOC(Cc2c(-c3ccc(NS(=O)O)nc3C)nc3cc(C)ccn23)C1. The molecule has 32 heavy (non-hydrogen) atoms. The van der Waals surface area contributed by atoms with E-state index in [4.69, 9.17) is 19.0 Å². The first-order valence-corrected chi connectivity index (χ1v) is 11.2. The molecule has 1 saturated heterocycles. The molecule has 0 saturated carbocycles. The van der Waals surface area contributed by atoms with Crippen molar-refractivity contribution in [1.29, 1.82) is 0 Å². The molecule has 2 unspecified atom stereocenters. The molecular weight excluding hydrogens is 434 g/mol. The number of hydrogen-bond donors (Lipinski definition) is 2. The normalized spacial score (nSPS) is 17.4. The molecule has 3 aromatic rings. The fourth-order valence-electron chi connectivity index (χ4n) is 3.92. The van der Waals surface area contributed by atoms with Crippen molar-refractivity contribution in [3.8, 4) is 11.3 Å². The molecule has 0 spiro atoms. The van der Waals surface area contributed by atoms with E-state index >= 15 is 0 Å². The van der Waals surface area contributed by atoms with Crippen molar-refractivity contribution in [2.45, 2.75) is 26.4 Å². The molecule has 1 aliphatic heterocycles. The van der Waals surface area contributed by atoms with E-state index in [1.165, 1.54) is 7.11 Å². The Morgan fingerprint density at radius 1 is 1.34 bits per heavy atom. The summed E-state index contributed by atoms with van der Waals surface area (Å²) >= 11 is -2.20.